The second-order valence-electron chi connectivity index (χ2n) is 6.42. The van der Waals surface area contributed by atoms with Crippen molar-refractivity contribution in [2.75, 3.05) is 0 Å². The van der Waals surface area contributed by atoms with Crippen LogP contribution >= 0.6 is 0 Å². The molecule has 2 fully saturated rings. The molecule has 2 aliphatic rings. The molecule has 1 aromatic heterocycles. The molecule has 0 radical (unpaired) electrons. The van der Waals surface area contributed by atoms with E-state index < -0.39 is 0 Å². The smallest absolute Gasteiger partial charge is 0.153 e. The van der Waals surface area contributed by atoms with Gasteiger partial charge in [-0.15, -0.1) is 10.2 Å². The summed E-state index contributed by atoms with van der Waals surface area (Å²) >= 11 is 0. The highest BCUT2D eigenvalue weighted by Gasteiger charge is 2.34. The van der Waals surface area contributed by atoms with E-state index in [4.69, 9.17) is 5.73 Å². The van der Waals surface area contributed by atoms with Crippen molar-refractivity contribution >= 4 is 0 Å². The van der Waals surface area contributed by atoms with Crippen LogP contribution in [0.2, 0.25) is 0 Å². The van der Waals surface area contributed by atoms with E-state index in [9.17, 15) is 0 Å². The standard InChI is InChI=1S/C15H26N4/c16-15(10-6-1-2-7-11-15)14-18-17-12-19(14)13-8-4-3-5-9-13/h12-13H,1-11,16H2. The number of rotatable bonds is 2. The second kappa shape index (κ2) is 5.61. The van der Waals surface area contributed by atoms with E-state index in [0.717, 1.165) is 18.7 Å². The van der Waals surface area contributed by atoms with Crippen molar-refractivity contribution < 1.29 is 0 Å². The van der Waals surface area contributed by atoms with E-state index in [1.165, 1.54) is 57.8 Å². The van der Waals surface area contributed by atoms with Gasteiger partial charge in [-0.1, -0.05) is 44.9 Å². The number of hydrogen-bond acceptors (Lipinski definition) is 3. The summed E-state index contributed by atoms with van der Waals surface area (Å²) in [5.74, 6) is 1.06. The van der Waals surface area contributed by atoms with E-state index in [0.29, 0.717) is 6.04 Å². The quantitative estimate of drug-likeness (QED) is 0.832. The van der Waals surface area contributed by atoms with Crippen LogP contribution in [0, 0.1) is 0 Å². The fourth-order valence-electron chi connectivity index (χ4n) is 3.81. The van der Waals surface area contributed by atoms with Gasteiger partial charge >= 0.3 is 0 Å². The van der Waals surface area contributed by atoms with Crippen LogP contribution in [0.25, 0.3) is 0 Å². The third-order valence-electron chi connectivity index (χ3n) is 4.98. The first-order chi connectivity index (χ1) is 9.30. The minimum atomic E-state index is -0.232. The predicted molar refractivity (Wildman–Crippen MR) is 75.7 cm³/mol. The molecule has 19 heavy (non-hydrogen) atoms. The molecule has 0 unspecified atom stereocenters. The lowest BCUT2D eigenvalue weighted by molar-refractivity contribution is 0.296. The zero-order valence-electron chi connectivity index (χ0n) is 11.9. The third-order valence-corrected chi connectivity index (χ3v) is 4.98. The summed E-state index contributed by atoms with van der Waals surface area (Å²) in [5, 5.41) is 8.60. The molecule has 2 saturated carbocycles. The molecule has 4 heteroatoms. The van der Waals surface area contributed by atoms with Gasteiger partial charge in [0.25, 0.3) is 0 Å². The average molecular weight is 262 g/mol. The van der Waals surface area contributed by atoms with Crippen molar-refractivity contribution in [3.05, 3.63) is 12.2 Å². The first kappa shape index (κ1) is 13.1. The molecule has 0 atom stereocenters. The van der Waals surface area contributed by atoms with Crippen LogP contribution in [0.1, 0.15) is 82.5 Å². The highest BCUT2D eigenvalue weighted by Crippen LogP contribution is 2.36. The topological polar surface area (TPSA) is 56.7 Å². The van der Waals surface area contributed by atoms with E-state index in [2.05, 4.69) is 14.8 Å². The van der Waals surface area contributed by atoms with Crippen LogP contribution < -0.4 is 5.73 Å². The van der Waals surface area contributed by atoms with Gasteiger partial charge in [0.05, 0.1) is 5.54 Å². The molecule has 0 aromatic carbocycles. The summed E-state index contributed by atoms with van der Waals surface area (Å²) in [5.41, 5.74) is 6.48. The Kier molecular flexibility index (Phi) is 3.87. The predicted octanol–water partition coefficient (Wildman–Crippen LogP) is 3.29. The second-order valence-corrected chi connectivity index (χ2v) is 6.42. The molecule has 3 rings (SSSR count). The van der Waals surface area contributed by atoms with Gasteiger partial charge in [-0.05, 0) is 25.7 Å². The van der Waals surface area contributed by atoms with Crippen molar-refractivity contribution in [1.29, 1.82) is 0 Å². The van der Waals surface area contributed by atoms with Crippen LogP contribution in [-0.2, 0) is 5.54 Å². The number of hydrogen-bond donors (Lipinski definition) is 1. The van der Waals surface area contributed by atoms with Crippen molar-refractivity contribution in [1.82, 2.24) is 14.8 Å². The van der Waals surface area contributed by atoms with Gasteiger partial charge in [0.2, 0.25) is 0 Å². The largest absolute Gasteiger partial charge is 0.319 e. The molecule has 1 heterocycles. The maximum absolute atomic E-state index is 6.71. The Morgan fingerprint density at radius 1 is 1.00 bits per heavy atom. The molecule has 0 saturated heterocycles. The molecule has 4 nitrogen and oxygen atoms in total. The monoisotopic (exact) mass is 262 g/mol. The summed E-state index contributed by atoms with van der Waals surface area (Å²) in [6.45, 7) is 0. The summed E-state index contributed by atoms with van der Waals surface area (Å²) in [6, 6.07) is 0.586. The van der Waals surface area contributed by atoms with Crippen LogP contribution in [-0.4, -0.2) is 14.8 Å². The van der Waals surface area contributed by atoms with E-state index >= 15 is 0 Å². The van der Waals surface area contributed by atoms with E-state index in [1.807, 2.05) is 6.33 Å². The molecule has 0 aliphatic heterocycles. The Morgan fingerprint density at radius 3 is 2.32 bits per heavy atom. The van der Waals surface area contributed by atoms with Crippen molar-refractivity contribution in [2.45, 2.75) is 82.2 Å². The van der Waals surface area contributed by atoms with Gasteiger partial charge in [-0.2, -0.15) is 0 Å². The highest BCUT2D eigenvalue weighted by atomic mass is 15.3. The molecule has 0 spiro atoms. The number of nitrogens with zero attached hydrogens (tertiary/aromatic N) is 3. The van der Waals surface area contributed by atoms with E-state index in [1.54, 1.807) is 0 Å². The Morgan fingerprint density at radius 2 is 1.63 bits per heavy atom. The molecular weight excluding hydrogens is 236 g/mol. The maximum Gasteiger partial charge on any atom is 0.153 e. The molecular formula is C15H26N4. The lowest BCUT2D eigenvalue weighted by atomic mass is 9.89. The Labute approximate surface area is 115 Å². The SMILES string of the molecule is NC1(c2nncn2C2CCCCC2)CCCCCC1. The highest BCUT2D eigenvalue weighted by molar-refractivity contribution is 5.07. The van der Waals surface area contributed by atoms with Gasteiger partial charge in [-0.3, -0.25) is 0 Å². The Balaban J connectivity index is 1.85. The molecule has 2 N–H and O–H groups in total. The van der Waals surface area contributed by atoms with Gasteiger partial charge in [-0.25, -0.2) is 0 Å². The molecule has 0 bridgehead atoms. The molecule has 2 aliphatic carbocycles. The van der Waals surface area contributed by atoms with Crippen molar-refractivity contribution in [2.24, 2.45) is 5.73 Å². The number of aromatic nitrogens is 3. The van der Waals surface area contributed by atoms with Gasteiger partial charge in [0, 0.05) is 6.04 Å². The third kappa shape index (κ3) is 2.69. The first-order valence-electron chi connectivity index (χ1n) is 7.98. The van der Waals surface area contributed by atoms with Crippen LogP contribution in [0.5, 0.6) is 0 Å². The van der Waals surface area contributed by atoms with Gasteiger partial charge < -0.3 is 10.3 Å². The van der Waals surface area contributed by atoms with Crippen LogP contribution in [0.3, 0.4) is 0 Å². The summed E-state index contributed by atoms with van der Waals surface area (Å²) < 4.78 is 2.31. The normalized spacial score (nSPS) is 25.1. The lowest BCUT2D eigenvalue weighted by Crippen LogP contribution is -2.39. The number of nitrogens with two attached hydrogens (primary N) is 1. The fraction of sp³-hybridized carbons (Fsp3) is 0.867. The maximum atomic E-state index is 6.71. The minimum Gasteiger partial charge on any atom is -0.319 e. The molecule has 0 amide bonds. The Bertz CT molecular complexity index is 398. The zero-order chi connectivity index (χ0) is 13.1. The minimum absolute atomic E-state index is 0.232. The van der Waals surface area contributed by atoms with Crippen LogP contribution in [0.15, 0.2) is 6.33 Å². The lowest BCUT2D eigenvalue weighted by Gasteiger charge is -2.31. The fourth-order valence-corrected chi connectivity index (χ4v) is 3.81. The van der Waals surface area contributed by atoms with Crippen LogP contribution in [0.4, 0.5) is 0 Å². The summed E-state index contributed by atoms with van der Waals surface area (Å²) in [6.07, 6.45) is 15.7. The first-order valence-corrected chi connectivity index (χ1v) is 7.98. The summed E-state index contributed by atoms with van der Waals surface area (Å²) in [4.78, 5) is 0. The van der Waals surface area contributed by atoms with Crippen molar-refractivity contribution in [3.63, 3.8) is 0 Å². The Hall–Kier alpha value is -0.900. The van der Waals surface area contributed by atoms with Gasteiger partial charge in [0.1, 0.15) is 6.33 Å². The van der Waals surface area contributed by atoms with Crippen molar-refractivity contribution in [3.8, 4) is 0 Å². The van der Waals surface area contributed by atoms with Gasteiger partial charge in [0.15, 0.2) is 5.82 Å². The average Bonchev–Trinajstić information content (AvgIpc) is 2.84. The van der Waals surface area contributed by atoms with E-state index in [-0.39, 0.29) is 5.54 Å². The summed E-state index contributed by atoms with van der Waals surface area (Å²) in [7, 11) is 0. The molecule has 106 valence electrons. The zero-order valence-corrected chi connectivity index (χ0v) is 11.9. The molecule has 1 aromatic rings.